The number of fused-ring (bicyclic) bond motifs is 1. The Bertz CT molecular complexity index is 1340. The van der Waals surface area contributed by atoms with Crippen molar-refractivity contribution in [3.63, 3.8) is 0 Å². The summed E-state index contributed by atoms with van der Waals surface area (Å²) >= 11 is 3.18. The Morgan fingerprint density at radius 1 is 1.06 bits per heavy atom. The Kier molecular flexibility index (Phi) is 7.52. The summed E-state index contributed by atoms with van der Waals surface area (Å²) in [5.41, 5.74) is 1.75. The molecule has 0 atom stereocenters. The number of aliphatic carboxylic acids is 1. The van der Waals surface area contributed by atoms with E-state index in [2.05, 4.69) is 6.07 Å². The first-order valence-electron chi connectivity index (χ1n) is 10.7. The SMILES string of the molecule is Cc1cc(SC/C=C(\c2ccc(C(F)(F)F)cc2)c2cc3ccccc3s2)ccc1OCC(=O)O. The van der Waals surface area contributed by atoms with E-state index in [-0.39, 0.29) is 0 Å². The van der Waals surface area contributed by atoms with Gasteiger partial charge >= 0.3 is 12.1 Å². The van der Waals surface area contributed by atoms with Crippen molar-refractivity contribution in [3.8, 4) is 5.75 Å². The Balaban J connectivity index is 1.59. The number of carboxylic acids is 1. The van der Waals surface area contributed by atoms with Crippen molar-refractivity contribution in [2.24, 2.45) is 0 Å². The number of hydrogen-bond donors (Lipinski definition) is 1. The summed E-state index contributed by atoms with van der Waals surface area (Å²) < 4.78 is 45.6. The Morgan fingerprint density at radius 3 is 2.46 bits per heavy atom. The molecule has 4 rings (SSSR count). The zero-order valence-electron chi connectivity index (χ0n) is 18.6. The van der Waals surface area contributed by atoms with Gasteiger partial charge in [0.25, 0.3) is 0 Å². The van der Waals surface area contributed by atoms with Crippen LogP contribution in [0.1, 0.15) is 21.6 Å². The Hall–Kier alpha value is -3.23. The fraction of sp³-hybridized carbons (Fsp3) is 0.148. The van der Waals surface area contributed by atoms with Crippen molar-refractivity contribution in [3.05, 3.63) is 100 Å². The molecule has 180 valence electrons. The maximum Gasteiger partial charge on any atom is 0.416 e. The second-order valence-corrected chi connectivity index (χ2v) is 9.94. The quantitative estimate of drug-likeness (QED) is 0.243. The van der Waals surface area contributed by atoms with Gasteiger partial charge in [0.2, 0.25) is 0 Å². The van der Waals surface area contributed by atoms with Gasteiger partial charge < -0.3 is 9.84 Å². The maximum atomic E-state index is 13.1. The molecule has 0 unspecified atom stereocenters. The number of thiophene rings is 1. The fourth-order valence-corrected chi connectivity index (χ4v) is 5.54. The summed E-state index contributed by atoms with van der Waals surface area (Å²) in [5, 5.41) is 9.88. The zero-order valence-corrected chi connectivity index (χ0v) is 20.3. The van der Waals surface area contributed by atoms with Crippen molar-refractivity contribution >= 4 is 44.7 Å². The number of ether oxygens (including phenoxy) is 1. The van der Waals surface area contributed by atoms with Gasteiger partial charge in [-0.3, -0.25) is 0 Å². The lowest BCUT2D eigenvalue weighted by Gasteiger charge is -2.11. The van der Waals surface area contributed by atoms with Gasteiger partial charge in [-0.2, -0.15) is 13.2 Å². The fourth-order valence-electron chi connectivity index (χ4n) is 3.55. The van der Waals surface area contributed by atoms with Gasteiger partial charge in [0.15, 0.2) is 6.61 Å². The molecular weight excluding hydrogens is 493 g/mol. The van der Waals surface area contributed by atoms with Gasteiger partial charge in [0.05, 0.1) is 5.56 Å². The molecule has 1 N–H and O–H groups in total. The Morgan fingerprint density at radius 2 is 1.80 bits per heavy atom. The molecule has 0 bridgehead atoms. The van der Waals surface area contributed by atoms with E-state index < -0.39 is 24.3 Å². The third-order valence-corrected chi connectivity index (χ3v) is 7.32. The van der Waals surface area contributed by atoms with Crippen LogP contribution in [-0.2, 0) is 11.0 Å². The molecule has 0 aliphatic heterocycles. The first-order chi connectivity index (χ1) is 16.7. The lowest BCUT2D eigenvalue weighted by Crippen LogP contribution is -2.09. The molecule has 0 radical (unpaired) electrons. The van der Waals surface area contributed by atoms with Crippen molar-refractivity contribution in [2.75, 3.05) is 12.4 Å². The van der Waals surface area contributed by atoms with E-state index in [1.165, 1.54) is 12.1 Å². The number of halogens is 3. The van der Waals surface area contributed by atoms with Crippen LogP contribution in [-0.4, -0.2) is 23.4 Å². The third kappa shape index (κ3) is 6.26. The molecule has 0 aliphatic carbocycles. The normalized spacial score (nSPS) is 12.2. The molecule has 35 heavy (non-hydrogen) atoms. The predicted molar refractivity (Wildman–Crippen MR) is 135 cm³/mol. The summed E-state index contributed by atoms with van der Waals surface area (Å²) in [6.07, 6.45) is -2.35. The van der Waals surface area contributed by atoms with E-state index in [4.69, 9.17) is 9.84 Å². The highest BCUT2D eigenvalue weighted by Gasteiger charge is 2.30. The second kappa shape index (κ2) is 10.6. The minimum absolute atomic E-state index is 0.401. The van der Waals surface area contributed by atoms with Crippen LogP contribution in [0.5, 0.6) is 5.75 Å². The average molecular weight is 515 g/mol. The molecule has 0 saturated heterocycles. The van der Waals surface area contributed by atoms with E-state index in [1.54, 1.807) is 29.2 Å². The topological polar surface area (TPSA) is 46.5 Å². The van der Waals surface area contributed by atoms with Crippen LogP contribution in [0, 0.1) is 6.92 Å². The summed E-state index contributed by atoms with van der Waals surface area (Å²) in [5.74, 6) is 0.0763. The highest BCUT2D eigenvalue weighted by Crippen LogP contribution is 2.36. The van der Waals surface area contributed by atoms with Gasteiger partial charge in [0.1, 0.15) is 5.75 Å². The third-order valence-electron chi connectivity index (χ3n) is 5.25. The molecule has 0 saturated carbocycles. The number of alkyl halides is 3. The number of carbonyl (C=O) groups is 1. The number of rotatable bonds is 8. The molecule has 0 spiro atoms. The number of carboxylic acid groups (broad SMARTS) is 1. The van der Waals surface area contributed by atoms with Crippen LogP contribution in [0.25, 0.3) is 15.7 Å². The van der Waals surface area contributed by atoms with Gasteiger partial charge in [0, 0.05) is 20.2 Å². The van der Waals surface area contributed by atoms with Gasteiger partial charge in [-0.15, -0.1) is 23.1 Å². The molecule has 1 heterocycles. The molecule has 3 nitrogen and oxygen atoms in total. The number of hydrogen-bond acceptors (Lipinski definition) is 4. The van der Waals surface area contributed by atoms with Crippen LogP contribution >= 0.6 is 23.1 Å². The second-order valence-electron chi connectivity index (χ2n) is 7.76. The van der Waals surface area contributed by atoms with E-state index >= 15 is 0 Å². The van der Waals surface area contributed by atoms with Crippen LogP contribution < -0.4 is 4.74 Å². The molecule has 4 aromatic rings. The Labute approximate surface area is 208 Å². The molecular formula is C27H21F3O3S2. The van der Waals surface area contributed by atoms with Crippen LogP contribution in [0.15, 0.2) is 83.8 Å². The van der Waals surface area contributed by atoms with E-state index in [9.17, 15) is 18.0 Å². The molecule has 0 aliphatic rings. The monoisotopic (exact) mass is 514 g/mol. The maximum absolute atomic E-state index is 13.1. The summed E-state index contributed by atoms with van der Waals surface area (Å²) in [4.78, 5) is 12.7. The summed E-state index contributed by atoms with van der Waals surface area (Å²) in [6.45, 7) is 1.45. The number of thioether (sulfide) groups is 1. The van der Waals surface area contributed by atoms with Crippen LogP contribution in [0.4, 0.5) is 13.2 Å². The predicted octanol–water partition coefficient (Wildman–Crippen LogP) is 7.92. The molecule has 1 aromatic heterocycles. The minimum atomic E-state index is -4.38. The highest BCUT2D eigenvalue weighted by molar-refractivity contribution is 7.99. The molecule has 0 amide bonds. The lowest BCUT2D eigenvalue weighted by molar-refractivity contribution is -0.139. The van der Waals surface area contributed by atoms with Crippen molar-refractivity contribution < 1.29 is 27.8 Å². The van der Waals surface area contributed by atoms with E-state index in [0.717, 1.165) is 48.7 Å². The van der Waals surface area contributed by atoms with Gasteiger partial charge in [-0.05, 0) is 71.5 Å². The van der Waals surface area contributed by atoms with Crippen molar-refractivity contribution in [2.45, 2.75) is 18.0 Å². The molecule has 8 heteroatoms. The first kappa shape index (κ1) is 24.9. The summed E-state index contributed by atoms with van der Waals surface area (Å²) in [6, 6.07) is 20.8. The van der Waals surface area contributed by atoms with E-state index in [0.29, 0.717) is 11.5 Å². The lowest BCUT2D eigenvalue weighted by atomic mass is 10.0. The molecule has 0 fully saturated rings. The summed E-state index contributed by atoms with van der Waals surface area (Å²) in [7, 11) is 0. The largest absolute Gasteiger partial charge is 0.482 e. The van der Waals surface area contributed by atoms with Gasteiger partial charge in [-0.25, -0.2) is 4.79 Å². The van der Waals surface area contributed by atoms with E-state index in [1.807, 2.05) is 49.4 Å². The van der Waals surface area contributed by atoms with Gasteiger partial charge in [-0.1, -0.05) is 36.4 Å². The van der Waals surface area contributed by atoms with Crippen molar-refractivity contribution in [1.29, 1.82) is 0 Å². The van der Waals surface area contributed by atoms with Crippen molar-refractivity contribution in [1.82, 2.24) is 0 Å². The zero-order chi connectivity index (χ0) is 25.0. The first-order valence-corrected chi connectivity index (χ1v) is 12.5. The smallest absolute Gasteiger partial charge is 0.416 e. The molecule has 3 aromatic carbocycles. The standard InChI is InChI=1S/C27H21F3O3S2/c1-17-14-21(10-11-23(17)33-16-26(31)32)34-13-12-22(18-6-8-20(9-7-18)27(28,29)30)25-15-19-4-2-3-5-24(19)35-25/h2-12,14-15H,13,16H2,1H3,(H,31,32)/b22-12+. The number of benzene rings is 3. The minimum Gasteiger partial charge on any atom is -0.482 e. The van der Waals surface area contributed by atoms with Crippen LogP contribution in [0.2, 0.25) is 0 Å². The average Bonchev–Trinajstić information content (AvgIpc) is 3.24. The van der Waals surface area contributed by atoms with Crippen LogP contribution in [0.3, 0.4) is 0 Å². The highest BCUT2D eigenvalue weighted by atomic mass is 32.2. The number of aryl methyl sites for hydroxylation is 1.